The predicted molar refractivity (Wildman–Crippen MR) is 89.5 cm³/mol. The number of hydrogen-bond acceptors (Lipinski definition) is 3. The van der Waals surface area contributed by atoms with E-state index in [1.54, 1.807) is 17.6 Å². The Morgan fingerprint density at radius 3 is 2.96 bits per heavy atom. The maximum atomic E-state index is 14.4. The van der Waals surface area contributed by atoms with Crippen molar-refractivity contribution in [1.82, 2.24) is 19.8 Å². The largest absolute Gasteiger partial charge is 0.372 e. The van der Waals surface area contributed by atoms with Crippen LogP contribution in [0.1, 0.15) is 5.56 Å². The molecule has 7 heteroatoms. The zero-order valence-corrected chi connectivity index (χ0v) is 13.2. The number of nitrogens with zero attached hydrogens (tertiary/aromatic N) is 3. The number of pyridine rings is 1. The number of nitrogens with one attached hydrogen (secondary N) is 2. The average Bonchev–Trinajstić information content (AvgIpc) is 3.18. The van der Waals surface area contributed by atoms with Crippen molar-refractivity contribution in [3.8, 4) is 11.1 Å². The number of hydrogen-bond donors (Lipinski definition) is 2. The van der Waals surface area contributed by atoms with Gasteiger partial charge in [-0.05, 0) is 35.7 Å². The summed E-state index contributed by atoms with van der Waals surface area (Å²) in [7, 11) is 1.82. The van der Waals surface area contributed by atoms with Crippen LogP contribution >= 0.6 is 11.6 Å². The lowest BCUT2D eigenvalue weighted by molar-refractivity contribution is 0.621. The Hall–Kier alpha value is -2.60. The molecule has 116 valence electrons. The summed E-state index contributed by atoms with van der Waals surface area (Å²) in [4.78, 5) is 0. The zero-order valence-electron chi connectivity index (χ0n) is 12.5. The van der Waals surface area contributed by atoms with E-state index < -0.39 is 5.82 Å². The lowest BCUT2D eigenvalue weighted by Crippen LogP contribution is -1.94. The van der Waals surface area contributed by atoms with Crippen molar-refractivity contribution in [1.29, 1.82) is 0 Å². The molecule has 23 heavy (non-hydrogen) atoms. The first-order valence-corrected chi connectivity index (χ1v) is 7.46. The summed E-state index contributed by atoms with van der Waals surface area (Å²) < 4.78 is 16.2. The van der Waals surface area contributed by atoms with Crippen molar-refractivity contribution in [2.75, 3.05) is 12.4 Å². The molecule has 1 aromatic carbocycles. The predicted octanol–water partition coefficient (Wildman–Crippen LogP) is 4.02. The minimum Gasteiger partial charge on any atom is -0.372 e. The Morgan fingerprint density at radius 2 is 2.17 bits per heavy atom. The molecule has 0 radical (unpaired) electrons. The van der Waals surface area contributed by atoms with Crippen LogP contribution in [0, 0.1) is 12.7 Å². The first-order valence-electron chi connectivity index (χ1n) is 7.08. The molecule has 0 spiro atoms. The summed E-state index contributed by atoms with van der Waals surface area (Å²) in [5.74, 6) is 0.345. The van der Waals surface area contributed by atoms with Gasteiger partial charge in [-0.2, -0.15) is 10.2 Å². The molecule has 0 atom stereocenters. The SMILES string of the molecule is CNc1cc2cc(-c3c(C)c(F)c(Cl)c4[nH]ncc34)ccn2n1. The summed E-state index contributed by atoms with van der Waals surface area (Å²) in [5.41, 5.74) is 3.60. The number of H-pyrrole nitrogens is 1. The standard InChI is InChI=1S/C16H13ClFN5/c1-8-13(11-7-20-21-16(11)14(17)15(8)18)9-3-4-23-10(5-9)6-12(19-2)22-23/h3-7H,1-2H3,(H,19,22)(H,20,21). The van der Waals surface area contributed by atoms with Gasteiger partial charge in [-0.15, -0.1) is 0 Å². The van der Waals surface area contributed by atoms with Crippen molar-refractivity contribution in [3.63, 3.8) is 0 Å². The minimum atomic E-state index is -0.428. The number of anilines is 1. The highest BCUT2D eigenvalue weighted by Crippen LogP contribution is 2.37. The summed E-state index contributed by atoms with van der Waals surface area (Å²) in [6, 6.07) is 5.80. The highest BCUT2D eigenvalue weighted by molar-refractivity contribution is 6.36. The van der Waals surface area contributed by atoms with Crippen LogP contribution in [0.3, 0.4) is 0 Å². The summed E-state index contributed by atoms with van der Waals surface area (Å²) in [6.07, 6.45) is 3.52. The van der Waals surface area contributed by atoms with Gasteiger partial charge in [-0.1, -0.05) is 11.6 Å². The molecule has 0 amide bonds. The van der Waals surface area contributed by atoms with Gasteiger partial charge in [0, 0.05) is 24.7 Å². The first-order chi connectivity index (χ1) is 11.1. The quantitative estimate of drug-likeness (QED) is 0.584. The molecule has 0 aliphatic heterocycles. The summed E-state index contributed by atoms with van der Waals surface area (Å²) in [6.45, 7) is 1.72. The number of halogens is 2. The minimum absolute atomic E-state index is 0.0710. The molecule has 4 rings (SSSR count). The third-order valence-corrected chi connectivity index (χ3v) is 4.39. The fraction of sp³-hybridized carbons (Fsp3) is 0.125. The Morgan fingerprint density at radius 1 is 1.35 bits per heavy atom. The van der Waals surface area contributed by atoms with Crippen molar-refractivity contribution in [3.05, 3.63) is 47.0 Å². The van der Waals surface area contributed by atoms with Crippen LogP contribution in [-0.4, -0.2) is 26.9 Å². The summed E-state index contributed by atoms with van der Waals surface area (Å²) in [5, 5.41) is 15.0. The van der Waals surface area contributed by atoms with Crippen molar-refractivity contribution in [2.24, 2.45) is 0 Å². The molecule has 0 bridgehead atoms. The monoisotopic (exact) mass is 329 g/mol. The van der Waals surface area contributed by atoms with Crippen molar-refractivity contribution in [2.45, 2.75) is 6.92 Å². The van der Waals surface area contributed by atoms with E-state index in [-0.39, 0.29) is 5.02 Å². The van der Waals surface area contributed by atoms with E-state index in [0.29, 0.717) is 11.1 Å². The molecule has 0 unspecified atom stereocenters. The van der Waals surface area contributed by atoms with E-state index in [1.807, 2.05) is 31.4 Å². The fourth-order valence-electron chi connectivity index (χ4n) is 2.87. The number of fused-ring (bicyclic) bond motifs is 2. The molecular weight excluding hydrogens is 317 g/mol. The van der Waals surface area contributed by atoms with E-state index in [1.165, 1.54) is 0 Å². The maximum absolute atomic E-state index is 14.4. The van der Waals surface area contributed by atoms with Gasteiger partial charge < -0.3 is 5.32 Å². The topological polar surface area (TPSA) is 58.0 Å². The van der Waals surface area contributed by atoms with E-state index in [2.05, 4.69) is 20.6 Å². The molecule has 5 nitrogen and oxygen atoms in total. The average molecular weight is 330 g/mol. The van der Waals surface area contributed by atoms with Crippen LogP contribution in [0.2, 0.25) is 5.02 Å². The second-order valence-corrected chi connectivity index (χ2v) is 5.73. The van der Waals surface area contributed by atoms with Gasteiger partial charge in [0.05, 0.1) is 17.2 Å². The molecule has 2 N–H and O–H groups in total. The fourth-order valence-corrected chi connectivity index (χ4v) is 3.16. The molecule has 0 saturated heterocycles. The number of aromatic nitrogens is 4. The van der Waals surface area contributed by atoms with Gasteiger partial charge in [-0.25, -0.2) is 8.91 Å². The number of rotatable bonds is 2. The van der Waals surface area contributed by atoms with Crippen molar-refractivity contribution >= 4 is 33.8 Å². The van der Waals surface area contributed by atoms with E-state index in [9.17, 15) is 4.39 Å². The van der Waals surface area contributed by atoms with Crippen LogP contribution in [0.5, 0.6) is 0 Å². The lowest BCUT2D eigenvalue weighted by atomic mass is 9.97. The third-order valence-electron chi connectivity index (χ3n) is 4.03. The molecule has 3 heterocycles. The Bertz CT molecular complexity index is 1050. The second kappa shape index (κ2) is 4.96. The molecule has 0 aliphatic rings. The summed E-state index contributed by atoms with van der Waals surface area (Å²) >= 11 is 6.08. The molecule has 0 fully saturated rings. The van der Waals surface area contributed by atoms with Crippen LogP contribution in [0.4, 0.5) is 10.2 Å². The third kappa shape index (κ3) is 1.98. The van der Waals surface area contributed by atoms with Gasteiger partial charge in [0.15, 0.2) is 0 Å². The van der Waals surface area contributed by atoms with E-state index in [4.69, 9.17) is 11.6 Å². The van der Waals surface area contributed by atoms with Crippen LogP contribution in [0.25, 0.3) is 27.5 Å². The number of benzene rings is 1. The van der Waals surface area contributed by atoms with E-state index >= 15 is 0 Å². The normalized spacial score (nSPS) is 11.5. The second-order valence-electron chi connectivity index (χ2n) is 5.35. The lowest BCUT2D eigenvalue weighted by Gasteiger charge is -2.11. The van der Waals surface area contributed by atoms with Crippen molar-refractivity contribution < 1.29 is 4.39 Å². The molecule has 3 aromatic heterocycles. The van der Waals surface area contributed by atoms with E-state index in [0.717, 1.165) is 27.8 Å². The zero-order chi connectivity index (χ0) is 16.1. The van der Waals surface area contributed by atoms with Gasteiger partial charge in [0.2, 0.25) is 0 Å². The molecular formula is C16H13ClFN5. The van der Waals surface area contributed by atoms with Gasteiger partial charge >= 0.3 is 0 Å². The van der Waals surface area contributed by atoms with Crippen LogP contribution < -0.4 is 5.32 Å². The smallest absolute Gasteiger partial charge is 0.148 e. The number of aromatic amines is 1. The van der Waals surface area contributed by atoms with Gasteiger partial charge in [0.25, 0.3) is 0 Å². The first kappa shape index (κ1) is 14.0. The Labute approximate surface area is 136 Å². The van der Waals surface area contributed by atoms with Gasteiger partial charge in [0.1, 0.15) is 16.7 Å². The van der Waals surface area contributed by atoms with Crippen LogP contribution in [0.15, 0.2) is 30.6 Å². The Kier molecular flexibility index (Phi) is 3.02. The molecule has 0 saturated carbocycles. The maximum Gasteiger partial charge on any atom is 0.148 e. The molecule has 4 aromatic rings. The van der Waals surface area contributed by atoms with Crippen LogP contribution in [-0.2, 0) is 0 Å². The molecule has 0 aliphatic carbocycles. The van der Waals surface area contributed by atoms with Gasteiger partial charge in [-0.3, -0.25) is 5.10 Å². The Balaban J connectivity index is 2.03. The highest BCUT2D eigenvalue weighted by Gasteiger charge is 2.18. The highest BCUT2D eigenvalue weighted by atomic mass is 35.5.